The lowest BCUT2D eigenvalue weighted by atomic mass is 9.89. The molecule has 2 aliphatic rings. The molecular weight excluding hydrogens is 242 g/mol. The van der Waals surface area contributed by atoms with E-state index in [9.17, 15) is 14.7 Å². The zero-order valence-electron chi connectivity index (χ0n) is 10.8. The van der Waals surface area contributed by atoms with Gasteiger partial charge in [-0.05, 0) is 30.9 Å². The van der Waals surface area contributed by atoms with E-state index in [1.165, 1.54) is 0 Å². The number of hydrogen-bond donors (Lipinski definition) is 1. The van der Waals surface area contributed by atoms with Crippen LogP contribution in [0.15, 0.2) is 24.3 Å². The Bertz CT molecular complexity index is 532. The first-order valence-electron chi connectivity index (χ1n) is 6.78. The monoisotopic (exact) mass is 259 g/mol. The number of carbonyl (C=O) groups is 2. The number of benzene rings is 1. The van der Waals surface area contributed by atoms with Gasteiger partial charge in [-0.3, -0.25) is 4.79 Å². The third-order valence-corrected chi connectivity index (χ3v) is 4.44. The van der Waals surface area contributed by atoms with Crippen LogP contribution in [0.4, 0.5) is 0 Å². The van der Waals surface area contributed by atoms with Crippen molar-refractivity contribution in [2.75, 3.05) is 6.54 Å². The first kappa shape index (κ1) is 12.2. The highest BCUT2D eigenvalue weighted by atomic mass is 16.4. The summed E-state index contributed by atoms with van der Waals surface area (Å²) in [4.78, 5) is 25.9. The van der Waals surface area contributed by atoms with Crippen LogP contribution in [0.1, 0.15) is 41.6 Å². The highest BCUT2D eigenvalue weighted by Gasteiger charge is 2.49. The molecule has 1 aromatic rings. The molecule has 3 rings (SSSR count). The lowest BCUT2D eigenvalue weighted by Gasteiger charge is -2.40. The van der Waals surface area contributed by atoms with Crippen LogP contribution >= 0.6 is 0 Å². The van der Waals surface area contributed by atoms with Crippen LogP contribution in [0.25, 0.3) is 0 Å². The van der Waals surface area contributed by atoms with E-state index in [1.54, 1.807) is 11.0 Å². The van der Waals surface area contributed by atoms with E-state index in [-0.39, 0.29) is 5.91 Å². The molecule has 4 nitrogen and oxygen atoms in total. The summed E-state index contributed by atoms with van der Waals surface area (Å²) in [7, 11) is 0. The van der Waals surface area contributed by atoms with Crippen molar-refractivity contribution in [1.29, 1.82) is 0 Å². The van der Waals surface area contributed by atoms with E-state index in [0.717, 1.165) is 24.8 Å². The van der Waals surface area contributed by atoms with Crippen molar-refractivity contribution in [2.45, 2.75) is 37.6 Å². The van der Waals surface area contributed by atoms with Gasteiger partial charge in [0, 0.05) is 12.1 Å². The van der Waals surface area contributed by atoms with Crippen molar-refractivity contribution in [3.8, 4) is 0 Å². The van der Waals surface area contributed by atoms with E-state index in [1.807, 2.05) is 18.2 Å². The van der Waals surface area contributed by atoms with Gasteiger partial charge in [0.2, 0.25) is 0 Å². The maximum atomic E-state index is 12.6. The minimum absolute atomic E-state index is 0.119. The largest absolute Gasteiger partial charge is 0.479 e. The molecule has 0 spiro atoms. The molecule has 1 aromatic carbocycles. The number of rotatable bonds is 2. The standard InChI is InChI=1S/C15H17NO3/c17-13-12-6-2-1-5-11(12)7-10-16(13)15(14(18)19)8-3-4-9-15/h1-2,5-6H,3-4,7-10H2,(H,18,19). The molecule has 1 heterocycles. The summed E-state index contributed by atoms with van der Waals surface area (Å²) in [6.45, 7) is 0.516. The van der Waals surface area contributed by atoms with Crippen molar-refractivity contribution in [1.82, 2.24) is 4.90 Å². The van der Waals surface area contributed by atoms with Crippen LogP contribution in [0.5, 0.6) is 0 Å². The van der Waals surface area contributed by atoms with Crippen LogP contribution in [-0.2, 0) is 11.2 Å². The summed E-state index contributed by atoms with van der Waals surface area (Å²) in [5.41, 5.74) is 0.730. The molecule has 1 N–H and O–H groups in total. The first-order chi connectivity index (χ1) is 9.15. The molecule has 0 radical (unpaired) electrons. The van der Waals surface area contributed by atoms with Gasteiger partial charge >= 0.3 is 5.97 Å². The van der Waals surface area contributed by atoms with Gasteiger partial charge in [0.15, 0.2) is 0 Å². The first-order valence-corrected chi connectivity index (χ1v) is 6.78. The third-order valence-electron chi connectivity index (χ3n) is 4.44. The van der Waals surface area contributed by atoms with Crippen LogP contribution in [0, 0.1) is 0 Å². The predicted octanol–water partition coefficient (Wildman–Crippen LogP) is 2.08. The topological polar surface area (TPSA) is 57.6 Å². The molecule has 1 aliphatic carbocycles. The molecule has 1 fully saturated rings. The molecule has 0 aromatic heterocycles. The van der Waals surface area contributed by atoms with Gasteiger partial charge in [-0.25, -0.2) is 4.79 Å². The van der Waals surface area contributed by atoms with Gasteiger partial charge in [-0.2, -0.15) is 0 Å². The van der Waals surface area contributed by atoms with Gasteiger partial charge in [0.1, 0.15) is 5.54 Å². The molecule has 1 amide bonds. The number of fused-ring (bicyclic) bond motifs is 1. The normalized spacial score (nSPS) is 21.3. The number of amides is 1. The highest BCUT2D eigenvalue weighted by molar-refractivity contribution is 6.00. The molecule has 1 aliphatic heterocycles. The quantitative estimate of drug-likeness (QED) is 0.884. The Morgan fingerprint density at radius 2 is 1.89 bits per heavy atom. The maximum absolute atomic E-state index is 12.6. The van der Waals surface area contributed by atoms with Crippen LogP contribution < -0.4 is 0 Å². The van der Waals surface area contributed by atoms with Crippen molar-refractivity contribution >= 4 is 11.9 Å². The Morgan fingerprint density at radius 1 is 1.21 bits per heavy atom. The molecule has 0 unspecified atom stereocenters. The Hall–Kier alpha value is -1.84. The molecule has 100 valence electrons. The van der Waals surface area contributed by atoms with Crippen molar-refractivity contribution in [3.63, 3.8) is 0 Å². The summed E-state index contributed by atoms with van der Waals surface area (Å²) in [5.74, 6) is -0.969. The summed E-state index contributed by atoms with van der Waals surface area (Å²) in [5, 5.41) is 9.59. The number of nitrogens with zero attached hydrogens (tertiary/aromatic N) is 1. The number of carbonyl (C=O) groups excluding carboxylic acids is 1. The minimum Gasteiger partial charge on any atom is -0.479 e. The fraction of sp³-hybridized carbons (Fsp3) is 0.467. The zero-order valence-corrected chi connectivity index (χ0v) is 10.8. The van der Waals surface area contributed by atoms with Gasteiger partial charge in [-0.1, -0.05) is 31.0 Å². The summed E-state index contributed by atoms with van der Waals surface area (Å²) < 4.78 is 0. The number of aliphatic carboxylic acids is 1. The number of carboxylic acid groups (broad SMARTS) is 1. The maximum Gasteiger partial charge on any atom is 0.329 e. The van der Waals surface area contributed by atoms with E-state index in [4.69, 9.17) is 0 Å². The smallest absolute Gasteiger partial charge is 0.329 e. The van der Waals surface area contributed by atoms with Gasteiger partial charge in [0.05, 0.1) is 0 Å². The summed E-state index contributed by atoms with van der Waals surface area (Å²) >= 11 is 0. The zero-order chi connectivity index (χ0) is 13.5. The molecular formula is C15H17NO3. The molecule has 0 bridgehead atoms. The fourth-order valence-corrected chi connectivity index (χ4v) is 3.39. The molecule has 19 heavy (non-hydrogen) atoms. The molecule has 0 atom stereocenters. The van der Waals surface area contributed by atoms with Crippen LogP contribution in [0.2, 0.25) is 0 Å². The van der Waals surface area contributed by atoms with Gasteiger partial charge in [0.25, 0.3) is 5.91 Å². The third kappa shape index (κ3) is 1.74. The summed E-state index contributed by atoms with van der Waals surface area (Å²) in [6.07, 6.45) is 3.68. The SMILES string of the molecule is O=C1c2ccccc2CCN1C1(C(=O)O)CCCC1. The minimum atomic E-state index is -0.968. The number of carboxylic acids is 1. The predicted molar refractivity (Wildman–Crippen MR) is 70.0 cm³/mol. The Morgan fingerprint density at radius 3 is 2.58 bits per heavy atom. The lowest BCUT2D eigenvalue weighted by Crippen LogP contribution is -2.57. The fourth-order valence-electron chi connectivity index (χ4n) is 3.39. The average molecular weight is 259 g/mol. The van der Waals surface area contributed by atoms with Crippen LogP contribution in [-0.4, -0.2) is 34.0 Å². The summed E-state index contributed by atoms with van der Waals surface area (Å²) in [6, 6.07) is 7.51. The van der Waals surface area contributed by atoms with Gasteiger partial charge < -0.3 is 10.0 Å². The molecule has 1 saturated carbocycles. The van der Waals surface area contributed by atoms with Crippen LogP contribution in [0.3, 0.4) is 0 Å². The van der Waals surface area contributed by atoms with E-state index < -0.39 is 11.5 Å². The van der Waals surface area contributed by atoms with E-state index >= 15 is 0 Å². The lowest BCUT2D eigenvalue weighted by molar-refractivity contribution is -0.149. The second-order valence-corrected chi connectivity index (χ2v) is 5.41. The van der Waals surface area contributed by atoms with Crippen molar-refractivity contribution < 1.29 is 14.7 Å². The second kappa shape index (κ2) is 4.37. The van der Waals surface area contributed by atoms with E-state index in [0.29, 0.717) is 24.9 Å². The second-order valence-electron chi connectivity index (χ2n) is 5.41. The molecule has 0 saturated heterocycles. The molecule has 4 heteroatoms. The Balaban J connectivity index is 1.99. The highest BCUT2D eigenvalue weighted by Crippen LogP contribution is 2.38. The van der Waals surface area contributed by atoms with Crippen molar-refractivity contribution in [3.05, 3.63) is 35.4 Å². The number of hydrogen-bond acceptors (Lipinski definition) is 2. The van der Waals surface area contributed by atoms with Crippen molar-refractivity contribution in [2.24, 2.45) is 0 Å². The average Bonchev–Trinajstić information content (AvgIpc) is 2.90. The van der Waals surface area contributed by atoms with E-state index in [2.05, 4.69) is 0 Å². The Kier molecular flexibility index (Phi) is 2.81. The van der Waals surface area contributed by atoms with Gasteiger partial charge in [-0.15, -0.1) is 0 Å². The Labute approximate surface area is 112 Å².